The van der Waals surface area contributed by atoms with Gasteiger partial charge in [0.15, 0.2) is 0 Å². The minimum absolute atomic E-state index is 0.0265. The van der Waals surface area contributed by atoms with E-state index in [0.717, 1.165) is 5.56 Å². The highest BCUT2D eigenvalue weighted by Gasteiger charge is 2.40. The average Bonchev–Trinajstić information content (AvgIpc) is 2.76. The molecule has 1 fully saturated rings. The zero-order chi connectivity index (χ0) is 24.4. The second-order valence-electron chi connectivity index (χ2n) is 8.26. The summed E-state index contributed by atoms with van der Waals surface area (Å²) in [4.78, 5) is 11.5. The molecule has 1 aliphatic heterocycles. The van der Waals surface area contributed by atoms with Crippen LogP contribution in [0, 0.1) is 5.92 Å². The Hall–Kier alpha value is -2.59. The molecule has 180 valence electrons. The second-order valence-corrected chi connectivity index (χ2v) is 8.26. The normalized spacial score (nSPS) is 22.7. The number of benzene rings is 2. The number of amides is 1. The summed E-state index contributed by atoms with van der Waals surface area (Å²) in [6.45, 7) is 1.66. The lowest BCUT2D eigenvalue weighted by atomic mass is 9.79. The Morgan fingerprint density at radius 3 is 2.12 bits per heavy atom. The fourth-order valence-electron chi connectivity index (χ4n) is 3.96. The smallest absolute Gasteiger partial charge is 0.372 e. The zero-order valence-electron chi connectivity index (χ0n) is 17.8. The Labute approximate surface area is 187 Å². The number of nitrogens with one attached hydrogen (secondary N) is 1. The molecule has 3 N–H and O–H groups in total. The topological polar surface area (TPSA) is 64.3 Å². The van der Waals surface area contributed by atoms with Gasteiger partial charge in [0.2, 0.25) is 5.91 Å². The molecule has 10 heteroatoms. The Bertz CT molecular complexity index is 935. The molecule has 0 aromatic heterocycles. The summed E-state index contributed by atoms with van der Waals surface area (Å²) in [5, 5.41) is 3.27. The molecule has 2 unspecified atom stereocenters. The molecule has 1 heterocycles. The van der Waals surface area contributed by atoms with Crippen LogP contribution in [0.3, 0.4) is 0 Å². The van der Waals surface area contributed by atoms with Crippen molar-refractivity contribution in [3.05, 3.63) is 70.8 Å². The van der Waals surface area contributed by atoms with Crippen LogP contribution in [0.4, 0.5) is 26.3 Å². The van der Waals surface area contributed by atoms with Crippen LogP contribution in [0.5, 0.6) is 0 Å². The molecule has 0 spiro atoms. The SMILES string of the molecule is CC(OC[C@@]1(c2ccccc2)CCC(C(N)=O)CN1)c1cc(C(F)(F)F)cc(C(F)(F)F)c1. The van der Waals surface area contributed by atoms with Crippen molar-refractivity contribution in [2.45, 2.75) is 43.8 Å². The van der Waals surface area contributed by atoms with Crippen molar-refractivity contribution in [2.24, 2.45) is 11.7 Å². The summed E-state index contributed by atoms with van der Waals surface area (Å²) in [7, 11) is 0. The van der Waals surface area contributed by atoms with Gasteiger partial charge in [-0.25, -0.2) is 0 Å². The van der Waals surface area contributed by atoms with Gasteiger partial charge >= 0.3 is 12.4 Å². The summed E-state index contributed by atoms with van der Waals surface area (Å²) >= 11 is 0. The van der Waals surface area contributed by atoms with Crippen LogP contribution in [-0.2, 0) is 27.4 Å². The number of hydrogen-bond acceptors (Lipinski definition) is 3. The van der Waals surface area contributed by atoms with Gasteiger partial charge in [0, 0.05) is 6.54 Å². The standard InChI is InChI=1S/C23H24F6N2O2/c1-14(16-9-18(22(24,25)26)11-19(10-16)23(27,28)29)33-13-21(17-5-3-2-4-6-17)8-7-15(12-31-21)20(30)32/h2-6,9-11,14-15,31H,7-8,12-13H2,1H3,(H2,30,32)/t14?,15?,21-/m1/s1. The Kier molecular flexibility index (Phi) is 7.09. The van der Waals surface area contributed by atoms with Crippen molar-refractivity contribution in [3.8, 4) is 0 Å². The number of carbonyl (C=O) groups is 1. The minimum Gasteiger partial charge on any atom is -0.372 e. The largest absolute Gasteiger partial charge is 0.416 e. The van der Waals surface area contributed by atoms with Crippen LogP contribution in [0.25, 0.3) is 0 Å². The molecule has 1 aliphatic rings. The molecule has 2 aromatic carbocycles. The third kappa shape index (κ3) is 5.86. The molecule has 0 radical (unpaired) electrons. The molecule has 0 aliphatic carbocycles. The molecular formula is C23H24F6N2O2. The number of carbonyl (C=O) groups excluding carboxylic acids is 1. The molecule has 0 bridgehead atoms. The van der Waals surface area contributed by atoms with Gasteiger partial charge in [-0.05, 0) is 49.1 Å². The van der Waals surface area contributed by atoms with E-state index in [4.69, 9.17) is 10.5 Å². The molecule has 3 atom stereocenters. The third-order valence-corrected chi connectivity index (χ3v) is 5.99. The monoisotopic (exact) mass is 474 g/mol. The van der Waals surface area contributed by atoms with Crippen LogP contribution in [0.15, 0.2) is 48.5 Å². The summed E-state index contributed by atoms with van der Waals surface area (Å²) in [6.07, 6.45) is -10.00. The summed E-state index contributed by atoms with van der Waals surface area (Å²) in [5.41, 5.74) is 2.46. The van der Waals surface area contributed by atoms with Gasteiger partial charge in [-0.3, -0.25) is 4.79 Å². The first-order valence-electron chi connectivity index (χ1n) is 10.3. The van der Waals surface area contributed by atoms with Crippen molar-refractivity contribution in [1.82, 2.24) is 5.32 Å². The van der Waals surface area contributed by atoms with Crippen molar-refractivity contribution >= 4 is 5.91 Å². The predicted molar refractivity (Wildman–Crippen MR) is 109 cm³/mol. The highest BCUT2D eigenvalue weighted by molar-refractivity contribution is 5.77. The maximum Gasteiger partial charge on any atom is 0.416 e. The van der Waals surface area contributed by atoms with E-state index in [1.807, 2.05) is 30.3 Å². The molecular weight excluding hydrogens is 450 g/mol. The van der Waals surface area contributed by atoms with Crippen molar-refractivity contribution in [3.63, 3.8) is 0 Å². The number of hydrogen-bond donors (Lipinski definition) is 2. The lowest BCUT2D eigenvalue weighted by Crippen LogP contribution is -2.54. The highest BCUT2D eigenvalue weighted by Crippen LogP contribution is 2.39. The molecule has 1 saturated heterocycles. The van der Waals surface area contributed by atoms with E-state index in [2.05, 4.69) is 5.32 Å². The van der Waals surface area contributed by atoms with Gasteiger partial charge in [0.1, 0.15) is 0 Å². The van der Waals surface area contributed by atoms with E-state index < -0.39 is 41.0 Å². The number of piperidine rings is 1. The van der Waals surface area contributed by atoms with Gasteiger partial charge in [0.25, 0.3) is 0 Å². The van der Waals surface area contributed by atoms with Gasteiger partial charge in [-0.2, -0.15) is 26.3 Å². The van der Waals surface area contributed by atoms with E-state index in [9.17, 15) is 31.1 Å². The summed E-state index contributed by atoms with van der Waals surface area (Å²) in [5.74, 6) is -0.820. The molecule has 3 rings (SSSR count). The first kappa shape index (κ1) is 25.0. The maximum atomic E-state index is 13.2. The number of rotatable bonds is 6. The van der Waals surface area contributed by atoms with E-state index >= 15 is 0 Å². The van der Waals surface area contributed by atoms with E-state index in [1.165, 1.54) is 6.92 Å². The predicted octanol–water partition coefficient (Wildman–Crippen LogP) is 5.18. The van der Waals surface area contributed by atoms with Crippen LogP contribution >= 0.6 is 0 Å². The van der Waals surface area contributed by atoms with Crippen LogP contribution in [0.1, 0.15) is 48.1 Å². The first-order valence-corrected chi connectivity index (χ1v) is 10.3. The lowest BCUT2D eigenvalue weighted by molar-refractivity contribution is -0.143. The van der Waals surface area contributed by atoms with Crippen LogP contribution in [-0.4, -0.2) is 19.1 Å². The fourth-order valence-corrected chi connectivity index (χ4v) is 3.96. The third-order valence-electron chi connectivity index (χ3n) is 5.99. The molecule has 4 nitrogen and oxygen atoms in total. The number of nitrogens with two attached hydrogens (primary N) is 1. The first-order chi connectivity index (χ1) is 15.3. The zero-order valence-corrected chi connectivity index (χ0v) is 17.8. The summed E-state index contributed by atoms with van der Waals surface area (Å²) < 4.78 is 85.1. The summed E-state index contributed by atoms with van der Waals surface area (Å²) in [6, 6.07) is 10.6. The van der Waals surface area contributed by atoms with Crippen molar-refractivity contribution in [2.75, 3.05) is 13.2 Å². The average molecular weight is 474 g/mol. The highest BCUT2D eigenvalue weighted by atomic mass is 19.4. The number of primary amides is 1. The van der Waals surface area contributed by atoms with Gasteiger partial charge in [0.05, 0.1) is 35.3 Å². The Morgan fingerprint density at radius 1 is 1.09 bits per heavy atom. The minimum atomic E-state index is -4.93. The fraction of sp³-hybridized carbons (Fsp3) is 0.435. The van der Waals surface area contributed by atoms with E-state index in [0.29, 0.717) is 25.0 Å². The quantitative estimate of drug-likeness (QED) is 0.567. The van der Waals surface area contributed by atoms with Gasteiger partial charge in [-0.1, -0.05) is 30.3 Å². The molecule has 0 saturated carbocycles. The number of alkyl halides is 6. The molecule has 1 amide bonds. The lowest BCUT2D eigenvalue weighted by Gasteiger charge is -2.41. The van der Waals surface area contributed by atoms with Crippen molar-refractivity contribution in [1.29, 1.82) is 0 Å². The maximum absolute atomic E-state index is 13.2. The Balaban J connectivity index is 1.87. The van der Waals surface area contributed by atoms with Gasteiger partial charge < -0.3 is 15.8 Å². The van der Waals surface area contributed by atoms with Crippen LogP contribution < -0.4 is 11.1 Å². The van der Waals surface area contributed by atoms with Crippen LogP contribution in [0.2, 0.25) is 0 Å². The number of ether oxygens (including phenoxy) is 1. The van der Waals surface area contributed by atoms with Crippen molar-refractivity contribution < 1.29 is 35.9 Å². The number of halogens is 6. The van der Waals surface area contributed by atoms with Gasteiger partial charge in [-0.15, -0.1) is 0 Å². The Morgan fingerprint density at radius 2 is 1.67 bits per heavy atom. The second kappa shape index (κ2) is 9.34. The van der Waals surface area contributed by atoms with E-state index in [-0.39, 0.29) is 30.7 Å². The van der Waals surface area contributed by atoms with E-state index in [1.54, 1.807) is 0 Å². The molecule has 33 heavy (non-hydrogen) atoms. The molecule has 2 aromatic rings.